The van der Waals surface area contributed by atoms with Crippen molar-refractivity contribution < 1.29 is 14.6 Å². The maximum Gasteiger partial charge on any atom is 0.303 e. The summed E-state index contributed by atoms with van der Waals surface area (Å²) in [6, 6.07) is 15.4. The molecule has 2 heterocycles. The molecule has 2 aromatic carbocycles. The van der Waals surface area contributed by atoms with E-state index in [2.05, 4.69) is 11.4 Å². The lowest BCUT2D eigenvalue weighted by Gasteiger charge is -2.29. The number of fused-ring (bicyclic) bond motifs is 1. The first kappa shape index (κ1) is 22.9. The number of nitrogens with two attached hydrogens (primary N) is 1. The Morgan fingerprint density at radius 1 is 1.24 bits per heavy atom. The minimum Gasteiger partial charge on any atom is -0.481 e. The average molecular weight is 465 g/mol. The third-order valence-electron chi connectivity index (χ3n) is 6.21. The summed E-state index contributed by atoms with van der Waals surface area (Å²) >= 11 is 1.64. The number of aliphatic carboxylic acids is 1. The van der Waals surface area contributed by atoms with Crippen LogP contribution in [0.3, 0.4) is 0 Å². The van der Waals surface area contributed by atoms with Crippen molar-refractivity contribution in [3.05, 3.63) is 64.5 Å². The fourth-order valence-electron chi connectivity index (χ4n) is 4.31. The van der Waals surface area contributed by atoms with E-state index in [1.54, 1.807) is 18.3 Å². The number of nitrogens with one attached hydrogen (secondary N) is 3. The van der Waals surface area contributed by atoms with Gasteiger partial charge in [-0.05, 0) is 73.2 Å². The topological polar surface area (TPSA) is 132 Å². The first-order chi connectivity index (χ1) is 15.8. The lowest BCUT2D eigenvalue weighted by Crippen LogP contribution is -2.44. The van der Waals surface area contributed by atoms with Crippen LogP contribution in [0.1, 0.15) is 41.7 Å². The Balaban J connectivity index is 1.55. The van der Waals surface area contributed by atoms with Gasteiger partial charge in [-0.15, -0.1) is 11.3 Å². The summed E-state index contributed by atoms with van der Waals surface area (Å²) in [5.74, 6) is -0.301. The van der Waals surface area contributed by atoms with Crippen molar-refractivity contribution in [3.63, 3.8) is 0 Å². The van der Waals surface area contributed by atoms with Gasteiger partial charge >= 0.3 is 5.97 Å². The van der Waals surface area contributed by atoms with Gasteiger partial charge in [-0.3, -0.25) is 10.2 Å². The Labute approximate surface area is 196 Å². The zero-order valence-corrected chi connectivity index (χ0v) is 19.3. The predicted molar refractivity (Wildman–Crippen MR) is 132 cm³/mol. The van der Waals surface area contributed by atoms with Gasteiger partial charge in [-0.2, -0.15) is 0 Å². The van der Waals surface area contributed by atoms with E-state index in [1.165, 1.54) is 0 Å². The van der Waals surface area contributed by atoms with Gasteiger partial charge in [0.15, 0.2) is 5.60 Å². The normalized spacial score (nSPS) is 18.8. The van der Waals surface area contributed by atoms with Crippen LogP contribution in [-0.4, -0.2) is 41.3 Å². The Bertz CT molecular complexity index is 1200. The fraction of sp³-hybridized carbons (Fsp3) is 0.320. The number of carbonyl (C=O) groups is 1. The van der Waals surface area contributed by atoms with E-state index < -0.39 is 11.6 Å². The number of hydrogen-bond acceptors (Lipinski definition) is 6. The molecule has 1 saturated heterocycles. The molecule has 0 aliphatic carbocycles. The van der Waals surface area contributed by atoms with Crippen LogP contribution < -0.4 is 15.8 Å². The monoisotopic (exact) mass is 464 g/mol. The largest absolute Gasteiger partial charge is 0.481 e. The molecule has 2 atom stereocenters. The maximum absolute atomic E-state index is 11.6. The Morgan fingerprint density at radius 3 is 2.61 bits per heavy atom. The number of nitrogen functional groups attached to an aromatic ring is 1. The quantitative estimate of drug-likeness (QED) is 0.240. The molecular formula is C25H28N4O3S. The molecule has 0 bridgehead atoms. The molecular weight excluding hydrogens is 436 g/mol. The highest BCUT2D eigenvalue weighted by atomic mass is 32.1. The van der Waals surface area contributed by atoms with Gasteiger partial charge in [0.1, 0.15) is 11.6 Å². The highest BCUT2D eigenvalue weighted by Crippen LogP contribution is 2.33. The highest BCUT2D eigenvalue weighted by Gasteiger charge is 2.38. The number of ether oxygens (including phenoxy) is 1. The fourth-order valence-corrected chi connectivity index (χ4v) is 5.44. The number of carboxylic acid groups (broad SMARTS) is 1. The van der Waals surface area contributed by atoms with Crippen molar-refractivity contribution in [1.82, 2.24) is 5.32 Å². The van der Waals surface area contributed by atoms with E-state index in [0.717, 1.165) is 33.5 Å². The van der Waals surface area contributed by atoms with E-state index in [0.29, 0.717) is 30.0 Å². The Kier molecular flexibility index (Phi) is 6.49. The molecule has 1 aromatic heterocycles. The number of hydrogen-bond donors (Lipinski definition) is 5. The number of amidine groups is 1. The minimum atomic E-state index is -0.837. The molecule has 1 aliphatic rings. The molecule has 1 aliphatic heterocycles. The third-order valence-corrected chi connectivity index (χ3v) is 7.35. The van der Waals surface area contributed by atoms with Crippen LogP contribution in [0.4, 0.5) is 0 Å². The molecule has 1 fully saturated rings. The first-order valence-electron chi connectivity index (χ1n) is 10.9. The third kappa shape index (κ3) is 5.07. The lowest BCUT2D eigenvalue weighted by atomic mass is 9.91. The summed E-state index contributed by atoms with van der Waals surface area (Å²) in [4.78, 5) is 12.7. The van der Waals surface area contributed by atoms with Crippen molar-refractivity contribution in [3.8, 4) is 5.75 Å². The van der Waals surface area contributed by atoms with Crippen molar-refractivity contribution in [2.75, 3.05) is 13.1 Å². The summed E-state index contributed by atoms with van der Waals surface area (Å²) < 4.78 is 7.29. The predicted octanol–water partition coefficient (Wildman–Crippen LogP) is 4.14. The van der Waals surface area contributed by atoms with Gasteiger partial charge in [0, 0.05) is 28.1 Å². The van der Waals surface area contributed by atoms with Crippen LogP contribution in [-0.2, 0) is 11.2 Å². The SMILES string of the molecule is CC(=N)[C@]1(Oc2ccc(C(CC(=O)O)Cc3cc4cc(C(=N)N)ccc4s3)cc2)CCNC1. The van der Waals surface area contributed by atoms with Gasteiger partial charge in [0.05, 0.1) is 12.1 Å². The smallest absolute Gasteiger partial charge is 0.303 e. The van der Waals surface area contributed by atoms with Crippen LogP contribution in [0.5, 0.6) is 5.75 Å². The minimum absolute atomic E-state index is 0.0284. The van der Waals surface area contributed by atoms with Crippen LogP contribution in [0.25, 0.3) is 10.1 Å². The molecule has 0 saturated carbocycles. The van der Waals surface area contributed by atoms with Gasteiger partial charge < -0.3 is 26.3 Å². The molecule has 1 unspecified atom stereocenters. The summed E-state index contributed by atoms with van der Waals surface area (Å²) in [5.41, 5.74) is 7.11. The Morgan fingerprint density at radius 2 is 2.00 bits per heavy atom. The second-order valence-corrected chi connectivity index (χ2v) is 9.76. The number of rotatable bonds is 9. The van der Waals surface area contributed by atoms with Crippen LogP contribution >= 0.6 is 11.3 Å². The molecule has 0 amide bonds. The van der Waals surface area contributed by atoms with E-state index in [4.69, 9.17) is 21.3 Å². The highest BCUT2D eigenvalue weighted by molar-refractivity contribution is 7.19. The number of benzene rings is 2. The zero-order chi connectivity index (χ0) is 23.6. The maximum atomic E-state index is 11.6. The molecule has 3 aromatic rings. The van der Waals surface area contributed by atoms with Crippen LogP contribution in [0.2, 0.25) is 0 Å². The van der Waals surface area contributed by atoms with Gasteiger partial charge in [0.2, 0.25) is 0 Å². The summed E-state index contributed by atoms with van der Waals surface area (Å²) in [6.07, 6.45) is 1.39. The second-order valence-electron chi connectivity index (χ2n) is 8.60. The van der Waals surface area contributed by atoms with Gasteiger partial charge in [-0.1, -0.05) is 12.1 Å². The molecule has 0 spiro atoms. The van der Waals surface area contributed by atoms with Crippen molar-refractivity contribution in [2.45, 2.75) is 37.7 Å². The van der Waals surface area contributed by atoms with Crippen molar-refractivity contribution in [1.29, 1.82) is 10.8 Å². The molecule has 8 heteroatoms. The van der Waals surface area contributed by atoms with Crippen molar-refractivity contribution >= 4 is 38.9 Å². The van der Waals surface area contributed by atoms with E-state index in [-0.39, 0.29) is 18.2 Å². The van der Waals surface area contributed by atoms with Crippen molar-refractivity contribution in [2.24, 2.45) is 5.73 Å². The summed E-state index contributed by atoms with van der Waals surface area (Å²) in [5, 5.41) is 29.6. The first-order valence-corrected chi connectivity index (χ1v) is 11.7. The van der Waals surface area contributed by atoms with E-state index in [9.17, 15) is 9.90 Å². The lowest BCUT2D eigenvalue weighted by molar-refractivity contribution is -0.137. The van der Waals surface area contributed by atoms with Gasteiger partial charge in [0.25, 0.3) is 0 Å². The van der Waals surface area contributed by atoms with Crippen LogP contribution in [0.15, 0.2) is 48.5 Å². The second kappa shape index (κ2) is 9.33. The zero-order valence-electron chi connectivity index (χ0n) is 18.5. The standard InChI is InChI=1S/C25H28N4O3S/c1-15(26)25(8-9-29-14-25)32-20-5-2-16(3-6-20)18(13-23(30)31)11-21-12-19-10-17(24(27)28)4-7-22(19)33-21/h2-7,10,12,18,26,29H,8-9,11,13-14H2,1H3,(H3,27,28)(H,30,31)/t18?,25-/m0/s1. The number of carboxylic acids is 1. The molecule has 172 valence electrons. The molecule has 7 nitrogen and oxygen atoms in total. The summed E-state index contributed by atoms with van der Waals surface area (Å²) in [6.45, 7) is 3.20. The molecule has 0 radical (unpaired) electrons. The molecule has 4 rings (SSSR count). The molecule has 6 N–H and O–H groups in total. The summed E-state index contributed by atoms with van der Waals surface area (Å²) in [7, 11) is 0. The van der Waals surface area contributed by atoms with Gasteiger partial charge in [-0.25, -0.2) is 0 Å². The average Bonchev–Trinajstić information content (AvgIpc) is 3.40. The van der Waals surface area contributed by atoms with E-state index >= 15 is 0 Å². The van der Waals surface area contributed by atoms with E-state index in [1.807, 2.05) is 42.5 Å². The number of thiophene rings is 1. The Hall–Kier alpha value is -3.23. The van der Waals surface area contributed by atoms with Crippen LogP contribution in [0, 0.1) is 10.8 Å². The molecule has 33 heavy (non-hydrogen) atoms.